The number of ether oxygens (including phenoxy) is 3. The topological polar surface area (TPSA) is 166 Å². The van der Waals surface area contributed by atoms with Gasteiger partial charge in [-0.3, -0.25) is 4.79 Å². The van der Waals surface area contributed by atoms with Crippen molar-refractivity contribution in [2.24, 2.45) is 23.7 Å². The molecule has 0 aliphatic carbocycles. The van der Waals surface area contributed by atoms with Gasteiger partial charge in [0.15, 0.2) is 6.29 Å². The smallest absolute Gasteiger partial charge is 0.311 e. The van der Waals surface area contributed by atoms with Gasteiger partial charge < -0.3 is 44.8 Å². The number of cyclic esters (lactones) is 1. The summed E-state index contributed by atoms with van der Waals surface area (Å²) in [6.45, 7) is 12.9. The Balaban J connectivity index is 2.51. The zero-order valence-electron chi connectivity index (χ0n) is 23.6. The van der Waals surface area contributed by atoms with Crippen molar-refractivity contribution in [1.82, 2.24) is 0 Å². The number of carbonyl (C=O) groups excluding carboxylic acids is 1. The predicted molar refractivity (Wildman–Crippen MR) is 135 cm³/mol. The van der Waals surface area contributed by atoms with E-state index in [9.17, 15) is 35.4 Å². The molecule has 0 spiro atoms. The molecule has 0 saturated carbocycles. The average molecular weight is 535 g/mol. The van der Waals surface area contributed by atoms with Crippen molar-refractivity contribution in [3.05, 3.63) is 0 Å². The maximum absolute atomic E-state index is 13.1. The lowest BCUT2D eigenvalue weighted by molar-refractivity contribution is -0.290. The summed E-state index contributed by atoms with van der Waals surface area (Å²) in [5.41, 5.74) is -3.51. The molecule has 2 aliphatic heterocycles. The molecular weight excluding hydrogens is 484 g/mol. The lowest BCUT2D eigenvalue weighted by atomic mass is 9.73. The quantitative estimate of drug-likeness (QED) is 0.289. The molecule has 0 bridgehead atoms. The van der Waals surface area contributed by atoms with Crippen LogP contribution in [0.3, 0.4) is 0 Å². The van der Waals surface area contributed by atoms with E-state index in [2.05, 4.69) is 0 Å². The summed E-state index contributed by atoms with van der Waals surface area (Å²) >= 11 is 0. The molecule has 2 fully saturated rings. The number of rotatable bonds is 3. The van der Waals surface area contributed by atoms with Crippen LogP contribution in [0.1, 0.15) is 81.1 Å². The fourth-order valence-electron chi connectivity index (χ4n) is 5.99. The minimum absolute atomic E-state index is 0.00347. The Morgan fingerprint density at radius 1 is 0.946 bits per heavy atom. The summed E-state index contributed by atoms with van der Waals surface area (Å²) in [5.74, 6) is -4.05. The summed E-state index contributed by atoms with van der Waals surface area (Å²) < 4.78 is 17.5. The molecule has 0 aromatic rings. The molecule has 14 atom stereocenters. The van der Waals surface area contributed by atoms with Gasteiger partial charge in [0, 0.05) is 11.8 Å². The van der Waals surface area contributed by atoms with Gasteiger partial charge in [0.1, 0.15) is 17.8 Å². The molecule has 0 radical (unpaired) electrons. The Kier molecular flexibility index (Phi) is 11.0. The fraction of sp³-hybridized carbons (Fsp3) is 0.963. The van der Waals surface area contributed by atoms with E-state index in [1.54, 1.807) is 27.7 Å². The van der Waals surface area contributed by atoms with E-state index >= 15 is 0 Å². The van der Waals surface area contributed by atoms with E-state index in [1.165, 1.54) is 20.8 Å². The number of hydrogen-bond donors (Lipinski definition) is 6. The maximum Gasteiger partial charge on any atom is 0.311 e. The van der Waals surface area contributed by atoms with Gasteiger partial charge in [0.25, 0.3) is 0 Å². The van der Waals surface area contributed by atoms with E-state index in [-0.39, 0.29) is 18.9 Å². The van der Waals surface area contributed by atoms with E-state index in [0.29, 0.717) is 12.8 Å². The third-order valence-electron chi connectivity index (χ3n) is 8.58. The molecular formula is C27H50O10. The van der Waals surface area contributed by atoms with Gasteiger partial charge in [-0.2, -0.15) is 0 Å². The highest BCUT2D eigenvalue weighted by Gasteiger charge is 2.50. The van der Waals surface area contributed by atoms with Crippen LogP contribution in [0, 0.1) is 23.7 Å². The van der Waals surface area contributed by atoms with E-state index in [0.717, 1.165) is 0 Å². The summed E-state index contributed by atoms with van der Waals surface area (Å²) in [4.78, 5) is 13.1. The highest BCUT2D eigenvalue weighted by atomic mass is 16.7. The van der Waals surface area contributed by atoms with Gasteiger partial charge in [0.05, 0.1) is 42.0 Å². The monoisotopic (exact) mass is 534 g/mol. The van der Waals surface area contributed by atoms with Crippen molar-refractivity contribution in [2.45, 2.75) is 141 Å². The number of carbonyl (C=O) groups is 1. The molecule has 2 aliphatic rings. The molecule has 6 N–H and O–H groups in total. The van der Waals surface area contributed by atoms with Gasteiger partial charge in [-0.25, -0.2) is 0 Å². The van der Waals surface area contributed by atoms with Gasteiger partial charge in [-0.1, -0.05) is 27.7 Å². The second kappa shape index (κ2) is 12.6. The summed E-state index contributed by atoms with van der Waals surface area (Å²) in [6, 6.07) is 0. The molecule has 0 aromatic heterocycles. The van der Waals surface area contributed by atoms with Crippen LogP contribution in [0.4, 0.5) is 0 Å². The lowest BCUT2D eigenvalue weighted by Gasteiger charge is -2.46. The van der Waals surface area contributed by atoms with Crippen LogP contribution >= 0.6 is 0 Å². The standard InChI is InChI=1S/C27H50O10/c1-9-19-27(8,34)22(31)15(4)20(29)13(2)12-26(7,33)23(16(5)21(30)17(6)24(32)36-19)37-25-18(28)11-10-14(3)35-25/h13-23,25,28-31,33-34H,9-12H2,1-8H3/t13-,14-,15+,16+,17-,18-,19-,20+,21+,22-,23-,25+,26-,27-/m1/s1. The normalized spacial score (nSPS) is 51.2. The Labute approximate surface area is 220 Å². The first-order valence-corrected chi connectivity index (χ1v) is 13.6. The van der Waals surface area contributed by atoms with Crippen molar-refractivity contribution in [2.75, 3.05) is 0 Å². The van der Waals surface area contributed by atoms with Crippen LogP contribution in [0.2, 0.25) is 0 Å². The molecule has 37 heavy (non-hydrogen) atoms. The fourth-order valence-corrected chi connectivity index (χ4v) is 5.99. The first kappa shape index (κ1) is 32.4. The largest absolute Gasteiger partial charge is 0.459 e. The van der Waals surface area contributed by atoms with Crippen LogP contribution in [-0.4, -0.2) is 96.8 Å². The number of hydrogen-bond acceptors (Lipinski definition) is 10. The first-order valence-electron chi connectivity index (χ1n) is 13.6. The molecule has 2 saturated heterocycles. The third kappa shape index (κ3) is 7.22. The van der Waals surface area contributed by atoms with Gasteiger partial charge in [-0.15, -0.1) is 0 Å². The second-order valence-corrected chi connectivity index (χ2v) is 12.0. The highest BCUT2D eigenvalue weighted by molar-refractivity contribution is 5.73. The average Bonchev–Trinajstić information content (AvgIpc) is 2.83. The lowest BCUT2D eigenvalue weighted by Crippen LogP contribution is -2.58. The first-order chi connectivity index (χ1) is 16.9. The minimum Gasteiger partial charge on any atom is -0.459 e. The molecule has 10 nitrogen and oxygen atoms in total. The van der Waals surface area contributed by atoms with Gasteiger partial charge in [0.2, 0.25) is 0 Å². The van der Waals surface area contributed by atoms with Gasteiger partial charge in [-0.05, 0) is 59.3 Å². The molecule has 0 unspecified atom stereocenters. The number of aliphatic hydroxyl groups excluding tert-OH is 4. The number of aliphatic hydroxyl groups is 6. The van der Waals surface area contributed by atoms with Crippen molar-refractivity contribution < 1.29 is 49.6 Å². The van der Waals surface area contributed by atoms with Crippen molar-refractivity contribution in [1.29, 1.82) is 0 Å². The molecule has 0 aromatic carbocycles. The SMILES string of the molecule is CC[C@H]1OC(=O)[C@H](C)[C@@H](O)[C@H](C)[C@@H](O[C@@H]2O[C@H](C)CC[C@H]2O)[C@](C)(O)C[C@@H](C)[C@H](O)[C@H](C)[C@@H](O)[C@]1(C)O. The third-order valence-corrected chi connectivity index (χ3v) is 8.58. The van der Waals surface area contributed by atoms with Crippen LogP contribution in [-0.2, 0) is 19.0 Å². The predicted octanol–water partition coefficient (Wildman–Crippen LogP) is 1.11. The number of esters is 1. The molecule has 0 amide bonds. The van der Waals surface area contributed by atoms with Crippen molar-refractivity contribution in [3.63, 3.8) is 0 Å². The highest BCUT2D eigenvalue weighted by Crippen LogP contribution is 2.38. The Hall–Kier alpha value is -0.850. The molecule has 10 heteroatoms. The Morgan fingerprint density at radius 2 is 1.54 bits per heavy atom. The molecule has 2 rings (SSSR count). The minimum atomic E-state index is -1.87. The second-order valence-electron chi connectivity index (χ2n) is 12.0. The van der Waals surface area contributed by atoms with E-state index in [1.807, 2.05) is 6.92 Å². The van der Waals surface area contributed by atoms with E-state index in [4.69, 9.17) is 14.2 Å². The zero-order chi connectivity index (χ0) is 28.5. The summed E-state index contributed by atoms with van der Waals surface area (Å²) in [5, 5.41) is 66.7. The van der Waals surface area contributed by atoms with Crippen molar-refractivity contribution in [3.8, 4) is 0 Å². The Morgan fingerprint density at radius 3 is 2.11 bits per heavy atom. The maximum atomic E-state index is 13.1. The van der Waals surface area contributed by atoms with Crippen molar-refractivity contribution >= 4 is 5.97 Å². The molecule has 218 valence electrons. The molecule has 2 heterocycles. The van der Waals surface area contributed by atoms with E-state index < -0.39 is 83.8 Å². The Bertz CT molecular complexity index is 743. The zero-order valence-corrected chi connectivity index (χ0v) is 23.6. The van der Waals surface area contributed by atoms with Crippen LogP contribution in [0.15, 0.2) is 0 Å². The van der Waals surface area contributed by atoms with Crippen LogP contribution in [0.5, 0.6) is 0 Å². The summed E-state index contributed by atoms with van der Waals surface area (Å²) in [6.07, 6.45) is -6.95. The van der Waals surface area contributed by atoms with Crippen LogP contribution < -0.4 is 0 Å². The van der Waals surface area contributed by atoms with Crippen LogP contribution in [0.25, 0.3) is 0 Å². The van der Waals surface area contributed by atoms with Gasteiger partial charge >= 0.3 is 5.97 Å². The summed E-state index contributed by atoms with van der Waals surface area (Å²) in [7, 11) is 0.